The molecule has 6 nitrogen and oxygen atoms in total. The van der Waals surface area contributed by atoms with Crippen molar-refractivity contribution in [1.82, 2.24) is 25.3 Å². The fourth-order valence-corrected chi connectivity index (χ4v) is 2.39. The van der Waals surface area contributed by atoms with Gasteiger partial charge in [0.2, 0.25) is 5.91 Å². The lowest BCUT2D eigenvalue weighted by Crippen LogP contribution is -2.52. The van der Waals surface area contributed by atoms with Crippen LogP contribution in [0.1, 0.15) is 18.2 Å². The summed E-state index contributed by atoms with van der Waals surface area (Å²) in [5, 5.41) is 10.6. The minimum absolute atomic E-state index is 0.0703. The van der Waals surface area contributed by atoms with Gasteiger partial charge in [-0.25, -0.2) is 0 Å². The normalized spacial score (nSPS) is 18.3. The lowest BCUT2D eigenvalue weighted by molar-refractivity contribution is -0.126. The molecule has 1 aliphatic rings. The maximum Gasteiger partial charge on any atom is 0.237 e. The van der Waals surface area contributed by atoms with Crippen molar-refractivity contribution in [3.8, 4) is 0 Å². The van der Waals surface area contributed by atoms with Gasteiger partial charge in [-0.15, -0.1) is 0 Å². The molecule has 0 aliphatic carbocycles. The molecule has 1 saturated heterocycles. The molecule has 0 aromatic carbocycles. The van der Waals surface area contributed by atoms with Crippen molar-refractivity contribution < 1.29 is 4.79 Å². The van der Waals surface area contributed by atoms with Gasteiger partial charge in [0, 0.05) is 51.5 Å². The zero-order valence-electron chi connectivity index (χ0n) is 11.9. The summed E-state index contributed by atoms with van der Waals surface area (Å²) in [6, 6.07) is -0.0703. The average Bonchev–Trinajstić information content (AvgIpc) is 2.74. The molecule has 2 rings (SSSR count). The van der Waals surface area contributed by atoms with E-state index in [2.05, 4.69) is 20.6 Å². The van der Waals surface area contributed by atoms with Crippen molar-refractivity contribution in [3.63, 3.8) is 0 Å². The van der Waals surface area contributed by atoms with Gasteiger partial charge in [0.15, 0.2) is 0 Å². The molecule has 1 aromatic rings. The van der Waals surface area contributed by atoms with E-state index in [-0.39, 0.29) is 11.9 Å². The Morgan fingerprint density at radius 3 is 2.79 bits per heavy atom. The molecule has 2 N–H and O–H groups in total. The quantitative estimate of drug-likeness (QED) is 0.780. The first-order chi connectivity index (χ1) is 9.08. The fraction of sp³-hybridized carbons (Fsp3) is 0.692. The predicted octanol–water partition coefficient (Wildman–Crippen LogP) is -0.362. The van der Waals surface area contributed by atoms with E-state index in [9.17, 15) is 4.79 Å². The van der Waals surface area contributed by atoms with E-state index in [0.29, 0.717) is 6.54 Å². The number of amides is 1. The second kappa shape index (κ2) is 6.16. The third kappa shape index (κ3) is 3.54. The van der Waals surface area contributed by atoms with Crippen LogP contribution in [0.15, 0.2) is 6.20 Å². The Kier molecular flexibility index (Phi) is 4.55. The third-order valence-corrected chi connectivity index (χ3v) is 3.65. The monoisotopic (exact) mass is 265 g/mol. The van der Waals surface area contributed by atoms with E-state index >= 15 is 0 Å². The maximum absolute atomic E-state index is 12.1. The Morgan fingerprint density at radius 2 is 2.21 bits per heavy atom. The molecule has 1 atom stereocenters. The van der Waals surface area contributed by atoms with Gasteiger partial charge < -0.3 is 10.6 Å². The summed E-state index contributed by atoms with van der Waals surface area (Å²) in [5.41, 5.74) is 2.04. The van der Waals surface area contributed by atoms with Gasteiger partial charge in [-0.2, -0.15) is 5.10 Å². The molecule has 19 heavy (non-hydrogen) atoms. The van der Waals surface area contributed by atoms with E-state index in [1.54, 1.807) is 4.68 Å². The highest BCUT2D eigenvalue weighted by Gasteiger charge is 2.22. The van der Waals surface area contributed by atoms with Crippen molar-refractivity contribution in [1.29, 1.82) is 0 Å². The molecule has 1 unspecified atom stereocenters. The SMILES string of the molecule is Cc1nn(C)cc1CNC(=O)C(C)N1CCNCC1. The number of carbonyl (C=O) groups is 1. The zero-order chi connectivity index (χ0) is 13.8. The molecule has 1 amide bonds. The molecule has 1 fully saturated rings. The highest BCUT2D eigenvalue weighted by Crippen LogP contribution is 2.05. The molecule has 0 radical (unpaired) electrons. The van der Waals surface area contributed by atoms with Crippen LogP contribution < -0.4 is 10.6 Å². The standard InChI is InChI=1S/C13H23N5O/c1-10-12(9-17(3)16-10)8-15-13(19)11(2)18-6-4-14-5-7-18/h9,11,14H,4-8H2,1-3H3,(H,15,19). The summed E-state index contributed by atoms with van der Waals surface area (Å²) in [6.07, 6.45) is 1.95. The molecular weight excluding hydrogens is 242 g/mol. The minimum atomic E-state index is -0.0703. The smallest absolute Gasteiger partial charge is 0.237 e. The van der Waals surface area contributed by atoms with Crippen molar-refractivity contribution in [2.45, 2.75) is 26.4 Å². The van der Waals surface area contributed by atoms with Gasteiger partial charge in [-0.3, -0.25) is 14.4 Å². The number of carbonyl (C=O) groups excluding carboxylic acids is 1. The van der Waals surface area contributed by atoms with Crippen LogP contribution in [0.4, 0.5) is 0 Å². The van der Waals surface area contributed by atoms with Gasteiger partial charge in [0.25, 0.3) is 0 Å². The predicted molar refractivity (Wildman–Crippen MR) is 73.7 cm³/mol. The number of piperazine rings is 1. The summed E-state index contributed by atoms with van der Waals surface area (Å²) in [6.45, 7) is 8.26. The molecule has 0 bridgehead atoms. The molecule has 0 saturated carbocycles. The highest BCUT2D eigenvalue weighted by atomic mass is 16.2. The number of hydrogen-bond donors (Lipinski definition) is 2. The number of hydrogen-bond acceptors (Lipinski definition) is 4. The lowest BCUT2D eigenvalue weighted by Gasteiger charge is -2.31. The van der Waals surface area contributed by atoms with Gasteiger partial charge in [0.1, 0.15) is 0 Å². The average molecular weight is 265 g/mol. The molecule has 106 valence electrons. The zero-order valence-corrected chi connectivity index (χ0v) is 11.9. The number of nitrogens with zero attached hydrogens (tertiary/aromatic N) is 3. The van der Waals surface area contributed by atoms with Crippen LogP contribution >= 0.6 is 0 Å². The van der Waals surface area contributed by atoms with Crippen LogP contribution in [0.3, 0.4) is 0 Å². The second-order valence-electron chi connectivity index (χ2n) is 5.09. The number of aryl methyl sites for hydroxylation is 2. The van der Waals surface area contributed by atoms with Gasteiger partial charge >= 0.3 is 0 Å². The first-order valence-corrected chi connectivity index (χ1v) is 6.79. The summed E-state index contributed by atoms with van der Waals surface area (Å²) >= 11 is 0. The first kappa shape index (κ1) is 14.0. The molecule has 0 spiro atoms. The van der Waals surface area contributed by atoms with Crippen molar-refractivity contribution >= 4 is 5.91 Å². The van der Waals surface area contributed by atoms with Crippen LogP contribution in [-0.4, -0.2) is 52.8 Å². The molecule has 1 aromatic heterocycles. The number of aromatic nitrogens is 2. The first-order valence-electron chi connectivity index (χ1n) is 6.79. The molecule has 1 aliphatic heterocycles. The molecular formula is C13H23N5O. The maximum atomic E-state index is 12.1. The number of nitrogens with one attached hydrogen (secondary N) is 2. The summed E-state index contributed by atoms with van der Waals surface area (Å²) in [7, 11) is 1.89. The van der Waals surface area contributed by atoms with Crippen molar-refractivity contribution in [3.05, 3.63) is 17.5 Å². The Bertz CT molecular complexity index is 436. The van der Waals surface area contributed by atoms with E-state index in [4.69, 9.17) is 0 Å². The third-order valence-electron chi connectivity index (χ3n) is 3.65. The topological polar surface area (TPSA) is 62.2 Å². The van der Waals surface area contributed by atoms with E-state index in [0.717, 1.165) is 37.4 Å². The van der Waals surface area contributed by atoms with Crippen LogP contribution in [0, 0.1) is 6.92 Å². The Hall–Kier alpha value is -1.40. The Morgan fingerprint density at radius 1 is 1.53 bits per heavy atom. The summed E-state index contributed by atoms with van der Waals surface area (Å²) < 4.78 is 1.77. The summed E-state index contributed by atoms with van der Waals surface area (Å²) in [4.78, 5) is 14.3. The Balaban J connectivity index is 1.85. The van der Waals surface area contributed by atoms with Crippen molar-refractivity contribution in [2.75, 3.05) is 26.2 Å². The lowest BCUT2D eigenvalue weighted by atomic mass is 10.2. The minimum Gasteiger partial charge on any atom is -0.351 e. The van der Waals surface area contributed by atoms with Crippen LogP contribution in [0.5, 0.6) is 0 Å². The number of rotatable bonds is 4. The van der Waals surface area contributed by atoms with Gasteiger partial charge in [-0.1, -0.05) is 0 Å². The van der Waals surface area contributed by atoms with E-state index in [1.165, 1.54) is 0 Å². The van der Waals surface area contributed by atoms with Crippen LogP contribution in [0.25, 0.3) is 0 Å². The van der Waals surface area contributed by atoms with E-state index < -0.39 is 0 Å². The molecule has 6 heteroatoms. The van der Waals surface area contributed by atoms with Crippen LogP contribution in [-0.2, 0) is 18.4 Å². The van der Waals surface area contributed by atoms with E-state index in [1.807, 2.05) is 27.1 Å². The van der Waals surface area contributed by atoms with Gasteiger partial charge in [-0.05, 0) is 13.8 Å². The largest absolute Gasteiger partial charge is 0.351 e. The fourth-order valence-electron chi connectivity index (χ4n) is 2.39. The molecule has 2 heterocycles. The summed E-state index contributed by atoms with van der Waals surface area (Å²) in [5.74, 6) is 0.0881. The van der Waals surface area contributed by atoms with Crippen molar-refractivity contribution in [2.24, 2.45) is 7.05 Å². The highest BCUT2D eigenvalue weighted by molar-refractivity contribution is 5.81. The van der Waals surface area contributed by atoms with Gasteiger partial charge in [0.05, 0.1) is 11.7 Å². The Labute approximate surface area is 114 Å². The van der Waals surface area contributed by atoms with Crippen LogP contribution in [0.2, 0.25) is 0 Å². The second-order valence-corrected chi connectivity index (χ2v) is 5.09.